The van der Waals surface area contributed by atoms with E-state index in [0.717, 1.165) is 55.2 Å². The van der Waals surface area contributed by atoms with Crippen molar-refractivity contribution in [1.82, 2.24) is 9.71 Å². The highest BCUT2D eigenvalue weighted by atomic mass is 35.5. The van der Waals surface area contributed by atoms with Crippen LogP contribution in [0, 0.1) is 17.8 Å². The first-order valence-electron chi connectivity index (χ1n) is 18.3. The number of ether oxygens (including phenoxy) is 3. The fourth-order valence-electron chi connectivity index (χ4n) is 9.07. The molecule has 2 bridgehead atoms. The average Bonchev–Trinajstić information content (AvgIpc) is 3.26. The summed E-state index contributed by atoms with van der Waals surface area (Å²) in [4.78, 5) is 21.0. The fraction of sp³-hybridized carbons (Fsp3) is 0.632. The zero-order valence-electron chi connectivity index (χ0n) is 29.8. The van der Waals surface area contributed by atoms with Crippen LogP contribution in [-0.2, 0) is 31.3 Å². The van der Waals surface area contributed by atoms with E-state index in [4.69, 9.17) is 30.8 Å². The van der Waals surface area contributed by atoms with Crippen molar-refractivity contribution in [3.05, 3.63) is 64.3 Å². The first-order chi connectivity index (χ1) is 24.6. The Morgan fingerprint density at radius 2 is 1.96 bits per heavy atom. The van der Waals surface area contributed by atoms with E-state index in [-0.39, 0.29) is 40.6 Å². The summed E-state index contributed by atoms with van der Waals surface area (Å²) in [7, 11) is -0.674. The lowest BCUT2D eigenvalue weighted by Crippen LogP contribution is -2.56. The number of aromatic nitrogens is 1. The number of methoxy groups -OCH3 is 2. The monoisotopic (exact) mass is 775 g/mol. The number of pyridine rings is 1. The highest BCUT2D eigenvalue weighted by molar-refractivity contribution is 8.17. The summed E-state index contributed by atoms with van der Waals surface area (Å²) in [6.07, 6.45) is 11.4. The normalized spacial score (nSPS) is 33.2. The molecule has 2 fully saturated rings. The molecule has 1 saturated heterocycles. The third kappa shape index (κ3) is 7.31. The number of nitrogens with zero attached hydrogens (tertiary/aromatic N) is 2. The Kier molecular flexibility index (Phi) is 11.3. The van der Waals surface area contributed by atoms with E-state index in [2.05, 4.69) is 33.9 Å². The molecule has 3 aliphatic heterocycles. The van der Waals surface area contributed by atoms with Crippen LogP contribution in [0.3, 0.4) is 0 Å². The van der Waals surface area contributed by atoms with Gasteiger partial charge in [-0.1, -0.05) is 36.7 Å². The Hall–Kier alpha value is -1.96. The minimum absolute atomic E-state index is 0.0502. The molecule has 9 nitrogen and oxygen atoms in total. The number of hydrogen-bond donors (Lipinski definition) is 1. The van der Waals surface area contributed by atoms with Gasteiger partial charge in [-0.05, 0) is 116 Å². The van der Waals surface area contributed by atoms with Crippen molar-refractivity contribution in [3.63, 3.8) is 0 Å². The van der Waals surface area contributed by atoms with Gasteiger partial charge < -0.3 is 19.1 Å². The second kappa shape index (κ2) is 15.4. The van der Waals surface area contributed by atoms with Crippen molar-refractivity contribution in [2.24, 2.45) is 17.8 Å². The van der Waals surface area contributed by atoms with Gasteiger partial charge in [0.1, 0.15) is 11.3 Å². The molecule has 0 unspecified atom stereocenters. The third-order valence-electron chi connectivity index (χ3n) is 11.9. The van der Waals surface area contributed by atoms with Gasteiger partial charge in [0, 0.05) is 44.4 Å². The fourth-order valence-corrected chi connectivity index (χ4v) is 14.3. The Labute approximate surface area is 316 Å². The molecule has 2 aliphatic carbocycles. The molecular formula is C38H50ClN3O6S3. The number of aryl methyl sites for hydroxylation is 1. The third-order valence-corrected chi connectivity index (χ3v) is 17.3. The van der Waals surface area contributed by atoms with Crippen LogP contribution in [0.25, 0.3) is 0 Å². The predicted octanol–water partition coefficient (Wildman–Crippen LogP) is 6.88. The van der Waals surface area contributed by atoms with E-state index in [1.807, 2.05) is 43.6 Å². The molecule has 1 spiro atoms. The molecule has 2 aromatic rings. The summed E-state index contributed by atoms with van der Waals surface area (Å²) in [5, 5.41) is -0.106. The minimum atomic E-state index is -4.08. The van der Waals surface area contributed by atoms with Gasteiger partial charge in [0.2, 0.25) is 10.0 Å². The van der Waals surface area contributed by atoms with E-state index in [1.54, 1.807) is 19.2 Å². The second-order valence-corrected chi connectivity index (χ2v) is 20.0. The number of hydrogen-bond acceptors (Lipinski definition) is 10. The molecule has 1 amide bonds. The lowest BCUT2D eigenvalue weighted by atomic mass is 9.64. The van der Waals surface area contributed by atoms with Crippen LogP contribution >= 0.6 is 35.1 Å². The van der Waals surface area contributed by atoms with Gasteiger partial charge in [-0.2, -0.15) is 0 Å². The summed E-state index contributed by atoms with van der Waals surface area (Å²) in [5.74, 6) is 2.93. The maximum absolute atomic E-state index is 13.9. The van der Waals surface area contributed by atoms with E-state index < -0.39 is 26.8 Å². The number of benzene rings is 1. The van der Waals surface area contributed by atoms with Gasteiger partial charge in [0.15, 0.2) is 11.6 Å². The Morgan fingerprint density at radius 3 is 2.71 bits per heavy atom. The number of sulfonamides is 1. The van der Waals surface area contributed by atoms with E-state index in [9.17, 15) is 13.2 Å². The predicted molar refractivity (Wildman–Crippen MR) is 207 cm³/mol. The van der Waals surface area contributed by atoms with Crippen molar-refractivity contribution < 1.29 is 27.4 Å². The summed E-state index contributed by atoms with van der Waals surface area (Å²) in [6, 6.07) is 9.59. The molecule has 1 aromatic heterocycles. The van der Waals surface area contributed by atoms with Gasteiger partial charge in [-0.3, -0.25) is 4.79 Å². The maximum Gasteiger partial charge on any atom is 0.283 e. The molecule has 1 saturated carbocycles. The zero-order chi connectivity index (χ0) is 35.8. The quantitative estimate of drug-likeness (QED) is 0.324. The van der Waals surface area contributed by atoms with Crippen LogP contribution in [0.1, 0.15) is 73.5 Å². The molecule has 278 valence electrons. The number of nitrogens with one attached hydrogen (secondary N) is 1. The minimum Gasteiger partial charge on any atom is -0.489 e. The van der Waals surface area contributed by atoms with Gasteiger partial charge >= 0.3 is 0 Å². The summed E-state index contributed by atoms with van der Waals surface area (Å²) in [5.41, 5.74) is 1.74. The number of anilines is 1. The number of thioether (sulfide) groups is 2. The van der Waals surface area contributed by atoms with Crippen molar-refractivity contribution in [2.45, 2.75) is 79.1 Å². The van der Waals surface area contributed by atoms with Gasteiger partial charge in [-0.25, -0.2) is 18.1 Å². The summed E-state index contributed by atoms with van der Waals surface area (Å²) < 4.78 is 49.1. The van der Waals surface area contributed by atoms with Gasteiger partial charge in [0.05, 0.1) is 16.4 Å². The number of carbonyl (C=O) groups excluding carboxylic acids is 1. The van der Waals surface area contributed by atoms with E-state index in [0.29, 0.717) is 37.1 Å². The molecular weight excluding hydrogens is 726 g/mol. The number of carbonyl (C=O) groups is 1. The number of allylic oxidation sites excluding steroid dienone is 1. The molecule has 5 aliphatic rings. The SMILES string of the molecule is COCC[C@@H]1[C@@H](C)C/C=C/[C@@](OC)(C2SCCCS2)[C@@H]2CC[C@H]2CN2C[C@@]3(CCCc4cc(Cl)ccc43)COc3ccc(nc32)C(=O)NS1(=O)=O. The van der Waals surface area contributed by atoms with Crippen LogP contribution < -0.4 is 14.4 Å². The number of rotatable bonds is 5. The largest absolute Gasteiger partial charge is 0.489 e. The Morgan fingerprint density at radius 1 is 1.14 bits per heavy atom. The van der Waals surface area contributed by atoms with Crippen LogP contribution in [-0.4, -0.2) is 86.8 Å². The number of halogens is 1. The van der Waals surface area contributed by atoms with Crippen molar-refractivity contribution in [3.8, 4) is 5.75 Å². The first kappa shape index (κ1) is 37.4. The smallest absolute Gasteiger partial charge is 0.283 e. The van der Waals surface area contributed by atoms with Gasteiger partial charge in [0.25, 0.3) is 5.91 Å². The molecule has 4 heterocycles. The second-order valence-electron chi connectivity index (χ2n) is 15.0. The van der Waals surface area contributed by atoms with Crippen molar-refractivity contribution >= 4 is 56.9 Å². The van der Waals surface area contributed by atoms with Crippen LogP contribution in [0.4, 0.5) is 5.82 Å². The standard InChI is InChI=1S/C38H50ClN3O6S3/c1-25-7-4-17-38(47-3,36-49-19-6-20-50-36)30-11-9-27(30)22-42-23-37(16-5-8-26-21-28(39)10-12-29(26)37)24-48-32-14-13-31(40-34(32)42)35(43)41-51(44,45)33(25)15-18-46-2/h4,10,12-14,17,21,25,27,30,33,36H,5-9,11,15-16,18-20,22-24H2,1-3H3,(H,41,43)/b17-4+/t25-,27-,30+,33+,37-,38-/m0/s1. The topological polar surface area (TPSA) is 107 Å². The highest BCUT2D eigenvalue weighted by Gasteiger charge is 2.53. The van der Waals surface area contributed by atoms with Gasteiger partial charge in [-0.15, -0.1) is 23.5 Å². The van der Waals surface area contributed by atoms with Crippen LogP contribution in [0.5, 0.6) is 5.75 Å². The Bertz CT molecular complexity index is 1740. The maximum atomic E-state index is 13.9. The lowest BCUT2D eigenvalue weighted by molar-refractivity contribution is -0.0639. The molecule has 1 aromatic carbocycles. The first-order valence-corrected chi connectivity index (χ1v) is 22.3. The van der Waals surface area contributed by atoms with Crippen LogP contribution in [0.15, 0.2) is 42.5 Å². The number of fused-ring (bicyclic) bond motifs is 4. The van der Waals surface area contributed by atoms with Crippen molar-refractivity contribution in [2.75, 3.05) is 56.9 Å². The highest BCUT2D eigenvalue weighted by Crippen LogP contribution is 2.54. The van der Waals surface area contributed by atoms with Crippen molar-refractivity contribution in [1.29, 1.82) is 0 Å². The zero-order valence-corrected chi connectivity index (χ0v) is 33.0. The molecule has 7 rings (SSSR count). The van der Waals surface area contributed by atoms with E-state index in [1.165, 1.54) is 17.5 Å². The molecule has 51 heavy (non-hydrogen) atoms. The molecule has 6 atom stereocenters. The molecule has 0 radical (unpaired) electrons. The lowest BCUT2D eigenvalue weighted by Gasteiger charge is -2.53. The summed E-state index contributed by atoms with van der Waals surface area (Å²) in [6.45, 7) is 4.05. The average molecular weight is 776 g/mol. The molecule has 13 heteroatoms. The van der Waals surface area contributed by atoms with Crippen LogP contribution in [0.2, 0.25) is 5.02 Å². The Balaban J connectivity index is 1.34. The molecule has 1 N–H and O–H groups in total. The summed E-state index contributed by atoms with van der Waals surface area (Å²) >= 11 is 10.5. The number of amides is 1. The van der Waals surface area contributed by atoms with E-state index >= 15 is 0 Å².